The first-order valence-corrected chi connectivity index (χ1v) is 7.61. The lowest BCUT2D eigenvalue weighted by atomic mass is 10.1. The largest absolute Gasteiger partial charge is 0.387 e. The molecule has 0 fully saturated rings. The van der Waals surface area contributed by atoms with Crippen LogP contribution in [0, 0.1) is 5.82 Å². The van der Waals surface area contributed by atoms with Crippen molar-refractivity contribution in [3.05, 3.63) is 71.2 Å². The van der Waals surface area contributed by atoms with Gasteiger partial charge in [-0.15, -0.1) is 6.58 Å². The number of aliphatic hydroxyl groups is 1. The van der Waals surface area contributed by atoms with E-state index in [1.54, 1.807) is 24.3 Å². The molecule has 0 saturated carbocycles. The Bertz CT molecular complexity index is 722. The Kier molecular flexibility index (Phi) is 6.28. The maximum Gasteiger partial charge on any atom is 0.253 e. The maximum absolute atomic E-state index is 13.4. The maximum atomic E-state index is 13.4. The highest BCUT2D eigenvalue weighted by molar-refractivity contribution is 6.30. The number of halogens is 2. The minimum atomic E-state index is -0.922. The van der Waals surface area contributed by atoms with Gasteiger partial charge in [-0.05, 0) is 29.8 Å². The standard InChI is InChI=1S/C17H17ClFN3O2/c1-2-7-20-17(24)12-4-6-16(21-9-12)22-10-15(23)11-3-5-13(18)14(19)8-11/h2-6,8-9,15,23H,1,7,10H2,(H,20,24)(H,21,22). The lowest BCUT2D eigenvalue weighted by molar-refractivity contribution is 0.0957. The molecule has 1 aromatic carbocycles. The van der Waals surface area contributed by atoms with Crippen LogP contribution in [-0.2, 0) is 0 Å². The van der Waals surface area contributed by atoms with Crippen LogP contribution in [0.5, 0.6) is 0 Å². The summed E-state index contributed by atoms with van der Waals surface area (Å²) in [5.41, 5.74) is 0.826. The normalized spacial score (nSPS) is 11.6. The van der Waals surface area contributed by atoms with E-state index in [0.29, 0.717) is 23.5 Å². The van der Waals surface area contributed by atoms with E-state index in [9.17, 15) is 14.3 Å². The number of pyridine rings is 1. The molecule has 0 aliphatic carbocycles. The number of carbonyl (C=O) groups excluding carboxylic acids is 1. The van der Waals surface area contributed by atoms with Crippen molar-refractivity contribution in [2.24, 2.45) is 0 Å². The minimum absolute atomic E-state index is 0.00546. The fourth-order valence-corrected chi connectivity index (χ4v) is 2.06. The van der Waals surface area contributed by atoms with Gasteiger partial charge in [0.25, 0.3) is 5.91 Å². The van der Waals surface area contributed by atoms with E-state index in [-0.39, 0.29) is 17.5 Å². The van der Waals surface area contributed by atoms with Crippen molar-refractivity contribution in [3.8, 4) is 0 Å². The van der Waals surface area contributed by atoms with Gasteiger partial charge in [0.15, 0.2) is 0 Å². The molecular weight excluding hydrogens is 333 g/mol. The molecule has 0 spiro atoms. The Morgan fingerprint density at radius 3 is 2.83 bits per heavy atom. The molecule has 1 atom stereocenters. The summed E-state index contributed by atoms with van der Waals surface area (Å²) in [4.78, 5) is 15.8. The second kappa shape index (κ2) is 8.42. The van der Waals surface area contributed by atoms with Crippen molar-refractivity contribution in [1.29, 1.82) is 0 Å². The van der Waals surface area contributed by atoms with E-state index in [2.05, 4.69) is 22.2 Å². The van der Waals surface area contributed by atoms with E-state index in [1.165, 1.54) is 18.3 Å². The smallest absolute Gasteiger partial charge is 0.253 e. The summed E-state index contributed by atoms with van der Waals surface area (Å²) < 4.78 is 13.4. The van der Waals surface area contributed by atoms with Crippen LogP contribution < -0.4 is 10.6 Å². The molecule has 2 aromatic rings. The van der Waals surface area contributed by atoms with Gasteiger partial charge in [0.05, 0.1) is 16.7 Å². The van der Waals surface area contributed by atoms with Gasteiger partial charge in [-0.1, -0.05) is 23.7 Å². The van der Waals surface area contributed by atoms with Gasteiger partial charge in [0.1, 0.15) is 11.6 Å². The zero-order valence-corrected chi connectivity index (χ0v) is 13.6. The van der Waals surface area contributed by atoms with Crippen molar-refractivity contribution in [2.45, 2.75) is 6.10 Å². The summed E-state index contributed by atoms with van der Waals surface area (Å²) in [5, 5.41) is 15.6. The molecule has 5 nitrogen and oxygen atoms in total. The molecule has 0 aliphatic heterocycles. The zero-order valence-electron chi connectivity index (χ0n) is 12.8. The highest BCUT2D eigenvalue weighted by Gasteiger charge is 2.11. The molecule has 0 radical (unpaired) electrons. The Morgan fingerprint density at radius 2 is 2.21 bits per heavy atom. The molecule has 0 saturated heterocycles. The monoisotopic (exact) mass is 349 g/mol. The number of hydrogen-bond acceptors (Lipinski definition) is 4. The lowest BCUT2D eigenvalue weighted by Crippen LogP contribution is -2.23. The number of hydrogen-bond donors (Lipinski definition) is 3. The number of nitrogens with one attached hydrogen (secondary N) is 2. The third-order valence-electron chi connectivity index (χ3n) is 3.24. The number of nitrogens with zero attached hydrogens (tertiary/aromatic N) is 1. The summed E-state index contributed by atoms with van der Waals surface area (Å²) in [6.45, 7) is 4.03. The number of carbonyl (C=O) groups is 1. The van der Waals surface area contributed by atoms with Gasteiger partial charge in [0.2, 0.25) is 0 Å². The number of amides is 1. The molecule has 2 rings (SSSR count). The molecule has 7 heteroatoms. The average molecular weight is 350 g/mol. The third-order valence-corrected chi connectivity index (χ3v) is 3.54. The number of benzene rings is 1. The predicted octanol–water partition coefficient (Wildman–Crippen LogP) is 2.94. The Hall–Kier alpha value is -2.44. The highest BCUT2D eigenvalue weighted by Crippen LogP contribution is 2.20. The second-order valence-corrected chi connectivity index (χ2v) is 5.41. The molecule has 0 aliphatic rings. The first kappa shape index (κ1) is 17.9. The average Bonchev–Trinajstić information content (AvgIpc) is 2.60. The number of anilines is 1. The number of aliphatic hydroxyl groups excluding tert-OH is 1. The molecule has 3 N–H and O–H groups in total. The molecule has 1 aromatic heterocycles. The predicted molar refractivity (Wildman–Crippen MR) is 91.6 cm³/mol. The van der Waals surface area contributed by atoms with Crippen LogP contribution in [0.4, 0.5) is 10.2 Å². The van der Waals surface area contributed by atoms with Crippen LogP contribution in [0.2, 0.25) is 5.02 Å². The van der Waals surface area contributed by atoms with Crippen LogP contribution in [0.3, 0.4) is 0 Å². The molecule has 1 unspecified atom stereocenters. The zero-order chi connectivity index (χ0) is 17.5. The highest BCUT2D eigenvalue weighted by atomic mass is 35.5. The lowest BCUT2D eigenvalue weighted by Gasteiger charge is -2.13. The van der Waals surface area contributed by atoms with Crippen LogP contribution in [0.15, 0.2) is 49.2 Å². The summed E-state index contributed by atoms with van der Waals surface area (Å²) in [7, 11) is 0. The Labute approximate surface area is 144 Å². The van der Waals surface area contributed by atoms with Crippen LogP contribution >= 0.6 is 11.6 Å². The summed E-state index contributed by atoms with van der Waals surface area (Å²) in [6.07, 6.45) is 2.09. The van der Waals surface area contributed by atoms with Gasteiger partial charge >= 0.3 is 0 Å². The quantitative estimate of drug-likeness (QED) is 0.672. The molecule has 126 valence electrons. The topological polar surface area (TPSA) is 74.2 Å². The van der Waals surface area contributed by atoms with Gasteiger partial charge in [-0.25, -0.2) is 9.37 Å². The summed E-state index contributed by atoms with van der Waals surface area (Å²) in [5.74, 6) is -0.337. The Morgan fingerprint density at radius 1 is 1.42 bits per heavy atom. The molecular formula is C17H17ClFN3O2. The summed E-state index contributed by atoms with van der Waals surface area (Å²) in [6, 6.07) is 7.37. The third kappa shape index (κ3) is 4.78. The van der Waals surface area contributed by atoms with Crippen molar-refractivity contribution in [2.75, 3.05) is 18.4 Å². The number of rotatable bonds is 7. The van der Waals surface area contributed by atoms with E-state index in [0.717, 1.165) is 0 Å². The van der Waals surface area contributed by atoms with Crippen molar-refractivity contribution >= 4 is 23.3 Å². The van der Waals surface area contributed by atoms with Crippen LogP contribution in [-0.4, -0.2) is 29.1 Å². The minimum Gasteiger partial charge on any atom is -0.387 e. The van der Waals surface area contributed by atoms with E-state index in [1.807, 2.05) is 0 Å². The van der Waals surface area contributed by atoms with Crippen LogP contribution in [0.25, 0.3) is 0 Å². The van der Waals surface area contributed by atoms with Gasteiger partial charge in [-0.2, -0.15) is 0 Å². The van der Waals surface area contributed by atoms with Crippen molar-refractivity contribution in [3.63, 3.8) is 0 Å². The molecule has 1 amide bonds. The van der Waals surface area contributed by atoms with Crippen molar-refractivity contribution in [1.82, 2.24) is 10.3 Å². The van der Waals surface area contributed by atoms with Crippen LogP contribution in [0.1, 0.15) is 22.0 Å². The first-order valence-electron chi connectivity index (χ1n) is 7.23. The molecule has 1 heterocycles. The van der Waals surface area contributed by atoms with Gasteiger partial charge < -0.3 is 15.7 Å². The van der Waals surface area contributed by atoms with Gasteiger partial charge in [-0.3, -0.25) is 4.79 Å². The van der Waals surface area contributed by atoms with E-state index in [4.69, 9.17) is 11.6 Å². The molecule has 0 bridgehead atoms. The fourth-order valence-electron chi connectivity index (χ4n) is 1.94. The molecule has 24 heavy (non-hydrogen) atoms. The van der Waals surface area contributed by atoms with Crippen molar-refractivity contribution < 1.29 is 14.3 Å². The summed E-state index contributed by atoms with van der Waals surface area (Å²) >= 11 is 5.61. The number of aromatic nitrogens is 1. The SMILES string of the molecule is C=CCNC(=O)c1ccc(NCC(O)c2ccc(Cl)c(F)c2)nc1. The fraction of sp³-hybridized carbons (Fsp3) is 0.176. The van der Waals surface area contributed by atoms with E-state index < -0.39 is 11.9 Å². The van der Waals surface area contributed by atoms with E-state index >= 15 is 0 Å². The first-order chi connectivity index (χ1) is 11.5. The second-order valence-electron chi connectivity index (χ2n) is 5.00. The Balaban J connectivity index is 1.92. The van der Waals surface area contributed by atoms with Gasteiger partial charge in [0, 0.05) is 19.3 Å².